The number of hydrogen-bond donors (Lipinski definition) is 2. The van der Waals surface area contributed by atoms with Gasteiger partial charge in [-0.05, 0) is 43.4 Å². The molecule has 0 fully saturated rings. The van der Waals surface area contributed by atoms with Crippen LogP contribution in [0.15, 0.2) is 53.6 Å². The largest absolute Gasteiger partial charge is 0.384 e. The molecule has 1 unspecified atom stereocenters. The number of ketones is 1. The minimum absolute atomic E-state index is 0.0405. The van der Waals surface area contributed by atoms with Crippen LogP contribution >= 0.6 is 0 Å². The normalized spacial score (nSPS) is 16.2. The molecule has 148 valence electrons. The molecule has 1 aliphatic heterocycles. The van der Waals surface area contributed by atoms with Crippen LogP contribution in [0.3, 0.4) is 0 Å². The predicted octanol–water partition coefficient (Wildman–Crippen LogP) is 3.11. The third kappa shape index (κ3) is 3.89. The van der Waals surface area contributed by atoms with E-state index in [0.29, 0.717) is 36.0 Å². The zero-order valence-electron chi connectivity index (χ0n) is 16.3. The van der Waals surface area contributed by atoms with Gasteiger partial charge in [0.1, 0.15) is 23.7 Å². The lowest BCUT2D eigenvalue weighted by atomic mass is 9.89. The van der Waals surface area contributed by atoms with Gasteiger partial charge >= 0.3 is 0 Å². The van der Waals surface area contributed by atoms with Crippen molar-refractivity contribution in [2.45, 2.75) is 32.7 Å². The van der Waals surface area contributed by atoms with Crippen molar-refractivity contribution in [1.29, 1.82) is 0 Å². The van der Waals surface area contributed by atoms with Crippen molar-refractivity contribution in [3.8, 4) is 0 Å². The number of fused-ring (bicyclic) bond motifs is 1. The van der Waals surface area contributed by atoms with Gasteiger partial charge in [-0.3, -0.25) is 9.59 Å². The first-order chi connectivity index (χ1) is 14.0. The van der Waals surface area contributed by atoms with Crippen LogP contribution < -0.4 is 16.6 Å². The van der Waals surface area contributed by atoms with Crippen molar-refractivity contribution in [2.24, 2.45) is 5.92 Å². The van der Waals surface area contributed by atoms with Crippen molar-refractivity contribution >= 4 is 23.1 Å². The second-order valence-electron chi connectivity index (χ2n) is 7.39. The highest BCUT2D eigenvalue weighted by Gasteiger charge is 2.28. The molecule has 2 aromatic heterocycles. The monoisotopic (exact) mass is 389 g/mol. The van der Waals surface area contributed by atoms with E-state index in [4.69, 9.17) is 5.73 Å². The number of nitrogens with two attached hydrogens (primary N) is 1. The summed E-state index contributed by atoms with van der Waals surface area (Å²) in [6.07, 6.45) is 3.57. The molecule has 3 N–H and O–H groups in total. The number of anilines is 3. The molecular formula is C22H23N5O2. The molecule has 29 heavy (non-hydrogen) atoms. The van der Waals surface area contributed by atoms with E-state index in [0.717, 1.165) is 24.0 Å². The molecule has 7 nitrogen and oxygen atoms in total. The molecule has 0 amide bonds. The van der Waals surface area contributed by atoms with E-state index in [9.17, 15) is 9.59 Å². The number of Topliss-reactive ketones (excluding diaryl/α,β-unsaturated/α-hetero) is 1. The van der Waals surface area contributed by atoms with Crippen molar-refractivity contribution < 1.29 is 4.79 Å². The van der Waals surface area contributed by atoms with E-state index < -0.39 is 0 Å². The van der Waals surface area contributed by atoms with E-state index in [2.05, 4.69) is 15.3 Å². The highest BCUT2D eigenvalue weighted by atomic mass is 16.1. The van der Waals surface area contributed by atoms with Crippen LogP contribution in [0.5, 0.6) is 0 Å². The van der Waals surface area contributed by atoms with Crippen molar-refractivity contribution in [3.63, 3.8) is 0 Å². The fourth-order valence-electron chi connectivity index (χ4n) is 3.93. The van der Waals surface area contributed by atoms with E-state index in [1.807, 2.05) is 37.3 Å². The van der Waals surface area contributed by atoms with Gasteiger partial charge < -0.3 is 15.6 Å². The highest BCUT2D eigenvalue weighted by Crippen LogP contribution is 2.26. The van der Waals surface area contributed by atoms with Crippen LogP contribution in [0.2, 0.25) is 0 Å². The Morgan fingerprint density at radius 2 is 1.97 bits per heavy atom. The Bertz CT molecular complexity index is 1110. The van der Waals surface area contributed by atoms with Crippen LogP contribution in [0, 0.1) is 12.8 Å². The molecule has 0 spiro atoms. The number of aromatic nitrogens is 3. The quantitative estimate of drug-likeness (QED) is 0.711. The Morgan fingerprint density at radius 3 is 2.72 bits per heavy atom. The average molecular weight is 389 g/mol. The van der Waals surface area contributed by atoms with E-state index in [-0.39, 0.29) is 17.3 Å². The molecule has 3 heterocycles. The Labute approximate surface area is 168 Å². The summed E-state index contributed by atoms with van der Waals surface area (Å²) in [7, 11) is 0. The molecular weight excluding hydrogens is 366 g/mol. The zero-order chi connectivity index (χ0) is 20.4. The third-order valence-corrected chi connectivity index (χ3v) is 5.29. The van der Waals surface area contributed by atoms with E-state index >= 15 is 0 Å². The number of aryl methyl sites for hydroxylation is 1. The van der Waals surface area contributed by atoms with Crippen LogP contribution in [-0.4, -0.2) is 20.3 Å². The fraction of sp³-hybridized carbons (Fsp3) is 0.273. The summed E-state index contributed by atoms with van der Waals surface area (Å²) in [4.78, 5) is 34.4. The number of rotatable bonds is 4. The van der Waals surface area contributed by atoms with Gasteiger partial charge in [-0.25, -0.2) is 9.97 Å². The molecule has 1 aliphatic rings. The van der Waals surface area contributed by atoms with Crippen molar-refractivity contribution in [3.05, 3.63) is 76.0 Å². The Kier molecular flexibility index (Phi) is 5.12. The molecule has 0 aliphatic carbocycles. The van der Waals surface area contributed by atoms with Gasteiger partial charge in [0.05, 0.1) is 5.69 Å². The maximum absolute atomic E-state index is 13.3. The summed E-state index contributed by atoms with van der Waals surface area (Å²) in [5, 5.41) is 3.01. The number of hydrogen-bond acceptors (Lipinski definition) is 6. The van der Waals surface area contributed by atoms with E-state index in [1.165, 1.54) is 6.33 Å². The molecule has 1 aromatic carbocycles. The summed E-state index contributed by atoms with van der Waals surface area (Å²) in [5.41, 5.74) is 8.27. The second kappa shape index (κ2) is 7.87. The van der Waals surface area contributed by atoms with Crippen LogP contribution in [0.1, 0.15) is 34.5 Å². The molecule has 0 bridgehead atoms. The van der Waals surface area contributed by atoms with Gasteiger partial charge in [-0.2, -0.15) is 0 Å². The Morgan fingerprint density at radius 1 is 1.17 bits per heavy atom. The summed E-state index contributed by atoms with van der Waals surface area (Å²) in [6, 6.07) is 13.3. The minimum atomic E-state index is -0.225. The van der Waals surface area contributed by atoms with Gasteiger partial charge in [-0.15, -0.1) is 0 Å². The maximum atomic E-state index is 13.3. The van der Waals surface area contributed by atoms with Gasteiger partial charge in [0.15, 0.2) is 5.78 Å². The van der Waals surface area contributed by atoms with E-state index in [1.54, 1.807) is 16.7 Å². The van der Waals surface area contributed by atoms with Crippen molar-refractivity contribution in [1.82, 2.24) is 14.5 Å². The lowest BCUT2D eigenvalue weighted by molar-refractivity contribution is 0.0910. The second-order valence-corrected chi connectivity index (χ2v) is 7.39. The lowest BCUT2D eigenvalue weighted by Gasteiger charge is -2.17. The number of carbonyl (C=O) groups is 1. The first-order valence-electron chi connectivity index (χ1n) is 9.70. The van der Waals surface area contributed by atoms with Crippen molar-refractivity contribution in [2.75, 3.05) is 11.1 Å². The van der Waals surface area contributed by atoms with Gasteiger partial charge in [0, 0.05) is 18.5 Å². The summed E-state index contributed by atoms with van der Waals surface area (Å²) >= 11 is 0. The smallest absolute Gasteiger partial charge is 0.274 e. The van der Waals surface area contributed by atoms with Crippen LogP contribution in [0.25, 0.3) is 0 Å². The van der Waals surface area contributed by atoms with Gasteiger partial charge in [-0.1, -0.05) is 30.3 Å². The SMILES string of the molecule is Cc1cc(Nc2cc(N)ncn2)c(=O)n2c1C(=O)C(Cc1ccccc1)CCC2. The van der Waals surface area contributed by atoms with Gasteiger partial charge in [0.2, 0.25) is 0 Å². The first kappa shape index (κ1) is 18.9. The zero-order valence-corrected chi connectivity index (χ0v) is 16.3. The number of pyridine rings is 1. The molecule has 0 radical (unpaired) electrons. The fourth-order valence-corrected chi connectivity index (χ4v) is 3.93. The molecule has 0 saturated heterocycles. The molecule has 4 rings (SSSR count). The number of carbonyl (C=O) groups excluding carboxylic acids is 1. The topological polar surface area (TPSA) is 103 Å². The molecule has 0 saturated carbocycles. The molecule has 3 aromatic rings. The highest BCUT2D eigenvalue weighted by molar-refractivity contribution is 5.98. The minimum Gasteiger partial charge on any atom is -0.384 e. The van der Waals surface area contributed by atoms with Gasteiger partial charge in [0.25, 0.3) is 5.56 Å². The molecule has 1 atom stereocenters. The number of nitrogens with zero attached hydrogens (tertiary/aromatic N) is 3. The summed E-state index contributed by atoms with van der Waals surface area (Å²) < 4.78 is 1.61. The maximum Gasteiger partial charge on any atom is 0.274 e. The summed E-state index contributed by atoms with van der Waals surface area (Å²) in [5.74, 6) is 0.674. The van der Waals surface area contributed by atoms with Crippen LogP contribution in [-0.2, 0) is 13.0 Å². The number of nitrogens with one attached hydrogen (secondary N) is 1. The third-order valence-electron chi connectivity index (χ3n) is 5.29. The summed E-state index contributed by atoms with van der Waals surface area (Å²) in [6.45, 7) is 2.39. The Balaban J connectivity index is 1.68. The number of nitrogen functional groups attached to an aromatic ring is 1. The average Bonchev–Trinajstić information content (AvgIpc) is 2.86. The first-order valence-corrected chi connectivity index (χ1v) is 9.70. The lowest BCUT2D eigenvalue weighted by Crippen LogP contribution is -2.29. The Hall–Kier alpha value is -3.48. The molecule has 7 heteroatoms. The number of benzene rings is 1. The van der Waals surface area contributed by atoms with Crippen LogP contribution in [0.4, 0.5) is 17.3 Å². The standard InChI is InChI=1S/C22H23N5O2/c1-14-10-17(26-19-12-18(23)24-13-25-19)22(29)27-9-5-8-16(21(28)20(14)27)11-15-6-3-2-4-7-15/h2-4,6-7,10,12-13,16H,5,8-9,11H2,1H3,(H3,23,24,25,26). The predicted molar refractivity (Wildman–Crippen MR) is 112 cm³/mol.